The molecular formula is C15H21F2N2O2S+. The number of quaternary nitrogens is 1. The average molecular weight is 331 g/mol. The Balaban J connectivity index is 1.84. The summed E-state index contributed by atoms with van der Waals surface area (Å²) in [6.07, 6.45) is 0.300. The summed E-state index contributed by atoms with van der Waals surface area (Å²) in [6, 6.07) is 6.45. The fraction of sp³-hybridized carbons (Fsp3) is 0.533. The number of anilines is 1. The first-order chi connectivity index (χ1) is 10.4. The van der Waals surface area contributed by atoms with Gasteiger partial charge in [-0.3, -0.25) is 4.79 Å². The Hall–Kier alpha value is -1.18. The Morgan fingerprint density at radius 1 is 1.32 bits per heavy atom. The highest BCUT2D eigenvalue weighted by atomic mass is 32.2. The summed E-state index contributed by atoms with van der Waals surface area (Å²) in [5.74, 6) is -2.51. The zero-order valence-electron chi connectivity index (χ0n) is 12.6. The van der Waals surface area contributed by atoms with Crippen LogP contribution in [-0.4, -0.2) is 43.5 Å². The van der Waals surface area contributed by atoms with E-state index in [2.05, 4.69) is 5.32 Å². The van der Waals surface area contributed by atoms with Crippen LogP contribution in [0.25, 0.3) is 0 Å². The lowest BCUT2D eigenvalue weighted by Gasteiger charge is -2.31. The number of amides is 1. The number of nitrogens with one attached hydrogen (secondary N) is 2. The molecule has 1 aliphatic heterocycles. The molecule has 0 saturated carbocycles. The van der Waals surface area contributed by atoms with Gasteiger partial charge in [-0.25, -0.2) is 0 Å². The Morgan fingerprint density at radius 2 is 1.91 bits per heavy atom. The van der Waals surface area contributed by atoms with Crippen molar-refractivity contribution in [3.8, 4) is 0 Å². The molecule has 1 aromatic rings. The first-order valence-corrected chi connectivity index (χ1v) is 8.14. The predicted octanol–water partition coefficient (Wildman–Crippen LogP) is 1.63. The van der Waals surface area contributed by atoms with E-state index in [0.717, 1.165) is 13.1 Å². The standard InChI is InChI=1S/C15H20F2N2O2S/c1-10-7-19(8-11(2)21-10)9-14(20)18-12-3-5-13(6-4-12)22-15(16)17/h3-6,10-11,15H,7-9H2,1-2H3,(H,18,20)/p+1/t10-,11-/m1/s1. The van der Waals surface area contributed by atoms with E-state index in [-0.39, 0.29) is 18.1 Å². The van der Waals surface area contributed by atoms with Crippen LogP contribution >= 0.6 is 11.8 Å². The summed E-state index contributed by atoms with van der Waals surface area (Å²) in [6.45, 7) is 6.01. The lowest BCUT2D eigenvalue weighted by molar-refractivity contribution is -0.907. The number of rotatable bonds is 5. The summed E-state index contributed by atoms with van der Waals surface area (Å²) >= 11 is 0.491. The second kappa shape index (κ2) is 7.89. The van der Waals surface area contributed by atoms with Crippen molar-refractivity contribution in [2.45, 2.75) is 36.7 Å². The zero-order valence-corrected chi connectivity index (χ0v) is 13.5. The molecule has 1 saturated heterocycles. The molecule has 22 heavy (non-hydrogen) atoms. The topological polar surface area (TPSA) is 42.8 Å². The van der Waals surface area contributed by atoms with Crippen LogP contribution in [0.2, 0.25) is 0 Å². The van der Waals surface area contributed by atoms with Gasteiger partial charge in [0.05, 0.1) is 0 Å². The molecule has 1 aromatic carbocycles. The van der Waals surface area contributed by atoms with Crippen molar-refractivity contribution in [1.29, 1.82) is 0 Å². The largest absolute Gasteiger partial charge is 0.364 e. The van der Waals surface area contributed by atoms with Crippen molar-refractivity contribution in [2.75, 3.05) is 25.0 Å². The van der Waals surface area contributed by atoms with Crippen LogP contribution in [0, 0.1) is 0 Å². The van der Waals surface area contributed by atoms with Gasteiger partial charge in [-0.15, -0.1) is 0 Å². The summed E-state index contributed by atoms with van der Waals surface area (Å²) in [7, 11) is 0. The maximum Gasteiger partial charge on any atom is 0.288 e. The van der Waals surface area contributed by atoms with E-state index in [1.54, 1.807) is 24.3 Å². The lowest BCUT2D eigenvalue weighted by Crippen LogP contribution is -3.16. The van der Waals surface area contributed by atoms with E-state index in [1.165, 1.54) is 4.90 Å². The number of thioether (sulfide) groups is 1. The molecule has 4 nitrogen and oxygen atoms in total. The van der Waals surface area contributed by atoms with Crippen LogP contribution in [0.5, 0.6) is 0 Å². The van der Waals surface area contributed by atoms with Gasteiger partial charge in [0.1, 0.15) is 25.3 Å². The van der Waals surface area contributed by atoms with Gasteiger partial charge in [0.25, 0.3) is 11.7 Å². The van der Waals surface area contributed by atoms with Gasteiger partial charge < -0.3 is 15.0 Å². The number of carbonyl (C=O) groups excluding carboxylic acids is 1. The monoisotopic (exact) mass is 331 g/mol. The van der Waals surface area contributed by atoms with E-state index >= 15 is 0 Å². The number of alkyl halides is 2. The predicted molar refractivity (Wildman–Crippen MR) is 82.5 cm³/mol. The SMILES string of the molecule is C[C@@H]1C[NH+](CC(=O)Nc2ccc(SC(F)F)cc2)C[C@@H](C)O1. The minimum absolute atomic E-state index is 0.0782. The van der Waals surface area contributed by atoms with Gasteiger partial charge in [-0.1, -0.05) is 11.8 Å². The number of halogens is 2. The average Bonchev–Trinajstić information content (AvgIpc) is 2.39. The van der Waals surface area contributed by atoms with E-state index < -0.39 is 5.76 Å². The molecule has 1 aliphatic rings. The molecule has 2 rings (SSSR count). The van der Waals surface area contributed by atoms with Gasteiger partial charge >= 0.3 is 0 Å². The van der Waals surface area contributed by atoms with Crippen molar-refractivity contribution in [1.82, 2.24) is 0 Å². The molecule has 2 N–H and O–H groups in total. The van der Waals surface area contributed by atoms with Gasteiger partial charge in [-0.05, 0) is 38.1 Å². The van der Waals surface area contributed by atoms with E-state index in [0.29, 0.717) is 28.9 Å². The van der Waals surface area contributed by atoms with Crippen LogP contribution < -0.4 is 10.2 Å². The molecule has 0 radical (unpaired) electrons. The number of morpholine rings is 1. The maximum absolute atomic E-state index is 12.2. The number of ether oxygens (including phenoxy) is 1. The van der Waals surface area contributed by atoms with Crippen molar-refractivity contribution in [3.63, 3.8) is 0 Å². The molecule has 0 aliphatic carbocycles. The Bertz CT molecular complexity index is 489. The third-order valence-electron chi connectivity index (χ3n) is 3.39. The van der Waals surface area contributed by atoms with Crippen LogP contribution in [0.1, 0.15) is 13.8 Å². The minimum Gasteiger partial charge on any atom is -0.364 e. The Morgan fingerprint density at radius 3 is 2.45 bits per heavy atom. The molecular weight excluding hydrogens is 310 g/mol. The molecule has 0 aromatic heterocycles. The Labute approximate surface area is 133 Å². The molecule has 0 bridgehead atoms. The van der Waals surface area contributed by atoms with E-state index in [9.17, 15) is 13.6 Å². The molecule has 122 valence electrons. The summed E-state index contributed by atoms with van der Waals surface area (Å²) in [5, 5.41) is 2.80. The molecule has 1 heterocycles. The van der Waals surface area contributed by atoms with Gasteiger partial charge in [0.15, 0.2) is 6.54 Å². The highest BCUT2D eigenvalue weighted by Crippen LogP contribution is 2.26. The van der Waals surface area contributed by atoms with Gasteiger partial charge in [0, 0.05) is 10.6 Å². The fourth-order valence-electron chi connectivity index (χ4n) is 2.69. The third kappa shape index (κ3) is 5.55. The minimum atomic E-state index is -2.44. The summed E-state index contributed by atoms with van der Waals surface area (Å²) in [4.78, 5) is 13.7. The lowest BCUT2D eigenvalue weighted by atomic mass is 10.2. The molecule has 1 fully saturated rings. The van der Waals surface area contributed by atoms with Crippen LogP contribution in [0.3, 0.4) is 0 Å². The fourth-order valence-corrected chi connectivity index (χ4v) is 3.18. The van der Waals surface area contributed by atoms with Crippen LogP contribution in [-0.2, 0) is 9.53 Å². The maximum atomic E-state index is 12.2. The molecule has 7 heteroatoms. The number of hydrogen-bond acceptors (Lipinski definition) is 3. The van der Waals surface area contributed by atoms with Crippen molar-refractivity contribution < 1.29 is 23.2 Å². The summed E-state index contributed by atoms with van der Waals surface area (Å²) in [5.41, 5.74) is 0.623. The van der Waals surface area contributed by atoms with Crippen LogP contribution in [0.4, 0.5) is 14.5 Å². The zero-order chi connectivity index (χ0) is 16.1. The highest BCUT2D eigenvalue weighted by Gasteiger charge is 2.27. The molecule has 2 atom stereocenters. The van der Waals surface area contributed by atoms with Gasteiger partial charge in [0.2, 0.25) is 0 Å². The first-order valence-electron chi connectivity index (χ1n) is 7.26. The molecule has 0 spiro atoms. The van der Waals surface area contributed by atoms with Gasteiger partial charge in [-0.2, -0.15) is 8.78 Å². The second-order valence-corrected chi connectivity index (χ2v) is 6.61. The highest BCUT2D eigenvalue weighted by molar-refractivity contribution is 7.99. The summed E-state index contributed by atoms with van der Waals surface area (Å²) < 4.78 is 30.1. The smallest absolute Gasteiger partial charge is 0.288 e. The normalized spacial score (nSPS) is 25.2. The molecule has 1 amide bonds. The Kier molecular flexibility index (Phi) is 6.16. The van der Waals surface area contributed by atoms with E-state index in [1.807, 2.05) is 13.8 Å². The van der Waals surface area contributed by atoms with Crippen molar-refractivity contribution >= 4 is 23.4 Å². The van der Waals surface area contributed by atoms with E-state index in [4.69, 9.17) is 4.74 Å². The second-order valence-electron chi connectivity index (χ2n) is 5.54. The first kappa shape index (κ1) is 17.2. The number of carbonyl (C=O) groups is 1. The van der Waals surface area contributed by atoms with Crippen LogP contribution in [0.15, 0.2) is 29.2 Å². The quantitative estimate of drug-likeness (QED) is 0.806. The third-order valence-corrected chi connectivity index (χ3v) is 4.11. The molecule has 0 unspecified atom stereocenters. The number of hydrogen-bond donors (Lipinski definition) is 2. The van der Waals surface area contributed by atoms with Crippen molar-refractivity contribution in [3.05, 3.63) is 24.3 Å². The van der Waals surface area contributed by atoms with Crippen molar-refractivity contribution in [2.24, 2.45) is 0 Å². The number of benzene rings is 1.